The Balaban J connectivity index is 1.80. The third kappa shape index (κ3) is 3.47. The van der Waals surface area contributed by atoms with Crippen molar-refractivity contribution in [2.75, 3.05) is 6.61 Å². The Morgan fingerprint density at radius 3 is 2.78 bits per heavy atom. The summed E-state index contributed by atoms with van der Waals surface area (Å²) >= 11 is 0. The number of hydrogen-bond acceptors (Lipinski definition) is 3. The molecule has 0 unspecified atom stereocenters. The maximum absolute atomic E-state index is 11.1. The van der Waals surface area contributed by atoms with Gasteiger partial charge in [0.15, 0.2) is 0 Å². The molecule has 2 fully saturated rings. The summed E-state index contributed by atoms with van der Waals surface area (Å²) in [6.07, 6.45) is 10.2. The van der Waals surface area contributed by atoms with Gasteiger partial charge in [-0.1, -0.05) is 29.9 Å². The van der Waals surface area contributed by atoms with E-state index < -0.39 is 5.60 Å². The van der Waals surface area contributed by atoms with Crippen LogP contribution in [0.1, 0.15) is 59.3 Å². The van der Waals surface area contributed by atoms with Crippen LogP contribution in [-0.4, -0.2) is 35.1 Å². The van der Waals surface area contributed by atoms with Crippen molar-refractivity contribution in [3.63, 3.8) is 0 Å². The molecule has 0 spiro atoms. The molecular formula is C20H30O3. The topological polar surface area (TPSA) is 42.0 Å². The molecule has 0 amide bonds. The molecule has 23 heavy (non-hydrogen) atoms. The number of fused-ring (bicyclic) bond motifs is 2. The molecule has 0 aromatic carbocycles. The third-order valence-electron chi connectivity index (χ3n) is 5.83. The van der Waals surface area contributed by atoms with Crippen LogP contribution in [0.25, 0.3) is 0 Å². The summed E-state index contributed by atoms with van der Waals surface area (Å²) < 4.78 is 11.8. The van der Waals surface area contributed by atoms with E-state index in [9.17, 15) is 5.11 Å². The molecule has 128 valence electrons. The quantitative estimate of drug-likeness (QED) is 0.540. The van der Waals surface area contributed by atoms with Crippen molar-refractivity contribution in [1.82, 2.24) is 0 Å². The van der Waals surface area contributed by atoms with Gasteiger partial charge in [-0.3, -0.25) is 0 Å². The van der Waals surface area contributed by atoms with Crippen LogP contribution in [0.3, 0.4) is 0 Å². The molecule has 0 radical (unpaired) electrons. The fraction of sp³-hybridized carbons (Fsp3) is 0.700. The van der Waals surface area contributed by atoms with E-state index in [-0.39, 0.29) is 11.7 Å². The predicted octanol–water partition coefficient (Wildman–Crippen LogP) is 4.08. The molecule has 0 bridgehead atoms. The summed E-state index contributed by atoms with van der Waals surface area (Å²) in [6.45, 7) is 11.0. The lowest BCUT2D eigenvalue weighted by atomic mass is 9.84. The summed E-state index contributed by atoms with van der Waals surface area (Å²) in [7, 11) is 0. The predicted molar refractivity (Wildman–Crippen MR) is 92.3 cm³/mol. The van der Waals surface area contributed by atoms with Gasteiger partial charge in [0.05, 0.1) is 18.3 Å². The lowest BCUT2D eigenvalue weighted by Crippen LogP contribution is -2.38. The van der Waals surface area contributed by atoms with Crippen LogP contribution in [0, 0.1) is 0 Å². The standard InChI is InChI=1S/C20H30O3/c1-14-6-5-10-19(4)17(23-19)8-7-15(2)12-18-20(21,11-9-14)16(3)13-22-18/h6,12,17-18,21H,3,5,7-11,13H2,1-2,4H3/b14-6+,15-12+/t17-,18-,19-,20+/m0/s1. The normalized spacial score (nSPS) is 46.7. The van der Waals surface area contributed by atoms with Gasteiger partial charge >= 0.3 is 0 Å². The minimum atomic E-state index is -0.926. The maximum Gasteiger partial charge on any atom is 0.118 e. The first-order valence-electron chi connectivity index (χ1n) is 8.86. The minimum Gasteiger partial charge on any atom is -0.382 e. The van der Waals surface area contributed by atoms with Crippen molar-refractivity contribution in [2.45, 2.75) is 82.7 Å². The van der Waals surface area contributed by atoms with Crippen molar-refractivity contribution < 1.29 is 14.6 Å². The van der Waals surface area contributed by atoms with Crippen LogP contribution < -0.4 is 0 Å². The van der Waals surface area contributed by atoms with Crippen LogP contribution in [0.4, 0.5) is 0 Å². The van der Waals surface area contributed by atoms with Gasteiger partial charge in [0.2, 0.25) is 0 Å². The maximum atomic E-state index is 11.1. The highest BCUT2D eigenvalue weighted by Gasteiger charge is 2.50. The number of hydrogen-bond donors (Lipinski definition) is 1. The minimum absolute atomic E-state index is 0.0695. The smallest absolute Gasteiger partial charge is 0.118 e. The molecule has 3 aliphatic rings. The van der Waals surface area contributed by atoms with E-state index in [0.29, 0.717) is 19.1 Å². The van der Waals surface area contributed by atoms with Gasteiger partial charge < -0.3 is 14.6 Å². The molecule has 3 nitrogen and oxygen atoms in total. The largest absolute Gasteiger partial charge is 0.382 e. The zero-order valence-corrected chi connectivity index (χ0v) is 14.7. The van der Waals surface area contributed by atoms with E-state index >= 15 is 0 Å². The number of epoxide rings is 1. The average molecular weight is 318 g/mol. The Labute approximate surface area is 140 Å². The second kappa shape index (κ2) is 6.19. The third-order valence-corrected chi connectivity index (χ3v) is 5.83. The first-order valence-corrected chi connectivity index (χ1v) is 8.86. The lowest BCUT2D eigenvalue weighted by molar-refractivity contribution is -0.00624. The summed E-state index contributed by atoms with van der Waals surface area (Å²) in [5, 5.41) is 11.1. The highest BCUT2D eigenvalue weighted by atomic mass is 16.6. The van der Waals surface area contributed by atoms with Crippen molar-refractivity contribution in [1.29, 1.82) is 0 Å². The molecule has 1 N–H and O–H groups in total. The second-order valence-corrected chi connectivity index (χ2v) is 7.82. The lowest BCUT2D eigenvalue weighted by Gasteiger charge is -2.28. The molecule has 3 rings (SSSR count). The van der Waals surface area contributed by atoms with Gasteiger partial charge in [-0.2, -0.15) is 0 Å². The Morgan fingerprint density at radius 1 is 1.22 bits per heavy atom. The van der Waals surface area contributed by atoms with E-state index in [1.165, 1.54) is 11.1 Å². The van der Waals surface area contributed by atoms with Crippen LogP contribution in [-0.2, 0) is 9.47 Å². The zero-order chi connectivity index (χ0) is 16.7. The zero-order valence-electron chi connectivity index (χ0n) is 14.7. The van der Waals surface area contributed by atoms with E-state index in [2.05, 4.69) is 39.5 Å². The van der Waals surface area contributed by atoms with E-state index in [1.54, 1.807) is 0 Å². The van der Waals surface area contributed by atoms with Gasteiger partial charge in [0.25, 0.3) is 0 Å². The Hall–Kier alpha value is -0.900. The van der Waals surface area contributed by atoms with Crippen LogP contribution in [0.2, 0.25) is 0 Å². The van der Waals surface area contributed by atoms with Crippen LogP contribution >= 0.6 is 0 Å². The highest BCUT2D eigenvalue weighted by molar-refractivity contribution is 5.27. The molecule has 0 aromatic heterocycles. The summed E-state index contributed by atoms with van der Waals surface area (Å²) in [4.78, 5) is 0. The average Bonchev–Trinajstić information content (AvgIpc) is 3.07. The van der Waals surface area contributed by atoms with E-state index in [1.807, 2.05) is 0 Å². The number of aliphatic hydroxyl groups is 1. The molecular weight excluding hydrogens is 288 g/mol. The van der Waals surface area contributed by atoms with Gasteiger partial charge in [0, 0.05) is 0 Å². The first kappa shape index (κ1) is 16.9. The van der Waals surface area contributed by atoms with Gasteiger partial charge in [-0.25, -0.2) is 0 Å². The van der Waals surface area contributed by atoms with Crippen LogP contribution in [0.15, 0.2) is 35.5 Å². The second-order valence-electron chi connectivity index (χ2n) is 7.82. The summed E-state index contributed by atoms with van der Waals surface area (Å²) in [5.74, 6) is 0. The molecule has 2 aliphatic heterocycles. The van der Waals surface area contributed by atoms with Crippen molar-refractivity contribution in [2.24, 2.45) is 0 Å². The number of allylic oxidation sites excluding steroid dienone is 3. The van der Waals surface area contributed by atoms with Gasteiger partial charge in [-0.05, 0) is 64.9 Å². The first-order chi connectivity index (χ1) is 10.8. The molecule has 1 aliphatic carbocycles. The fourth-order valence-electron chi connectivity index (χ4n) is 3.83. The molecule has 2 heterocycles. The van der Waals surface area contributed by atoms with Gasteiger partial charge in [0.1, 0.15) is 11.7 Å². The van der Waals surface area contributed by atoms with E-state index in [0.717, 1.165) is 37.7 Å². The summed E-state index contributed by atoms with van der Waals surface area (Å²) in [5.41, 5.74) is 2.55. The molecule has 3 heteroatoms. The molecule has 0 aromatic rings. The van der Waals surface area contributed by atoms with Crippen LogP contribution in [0.5, 0.6) is 0 Å². The monoisotopic (exact) mass is 318 g/mol. The van der Waals surface area contributed by atoms with Crippen molar-refractivity contribution in [3.8, 4) is 0 Å². The van der Waals surface area contributed by atoms with Crippen molar-refractivity contribution >= 4 is 0 Å². The van der Waals surface area contributed by atoms with E-state index in [4.69, 9.17) is 9.47 Å². The molecule has 2 saturated heterocycles. The number of rotatable bonds is 0. The molecule has 4 atom stereocenters. The SMILES string of the molecule is C=C1CO[C@H]2/C=C(\C)CC[C@@H]3O[C@@]3(C)CC/C=C(\C)CC[C@@]12O. The summed E-state index contributed by atoms with van der Waals surface area (Å²) in [6, 6.07) is 0. The Bertz CT molecular complexity index is 547. The Kier molecular flexibility index (Phi) is 4.56. The number of ether oxygens (including phenoxy) is 2. The van der Waals surface area contributed by atoms with Crippen molar-refractivity contribution in [3.05, 3.63) is 35.5 Å². The fourth-order valence-corrected chi connectivity index (χ4v) is 3.83. The van der Waals surface area contributed by atoms with Gasteiger partial charge in [-0.15, -0.1) is 0 Å². The highest BCUT2D eigenvalue weighted by Crippen LogP contribution is 2.44. The Morgan fingerprint density at radius 2 is 2.00 bits per heavy atom. The molecule has 0 saturated carbocycles.